The monoisotopic (exact) mass is 342 g/mol. The molecule has 24 heavy (non-hydrogen) atoms. The normalized spacial score (nSPS) is 11.9. The van der Waals surface area contributed by atoms with E-state index < -0.39 is 16.0 Å². The Kier molecular flexibility index (Phi) is 4.20. The van der Waals surface area contributed by atoms with Gasteiger partial charge in [0.15, 0.2) is 0 Å². The fraction of sp³-hybridized carbons (Fsp3) is 0. The molecule has 0 amide bonds. The van der Waals surface area contributed by atoms with Crippen molar-refractivity contribution in [3.05, 3.63) is 72.4 Å². The first-order chi connectivity index (χ1) is 11.5. The van der Waals surface area contributed by atoms with Crippen LogP contribution in [0.5, 0.6) is 0 Å². The maximum atomic E-state index is 12.8. The van der Waals surface area contributed by atoms with Gasteiger partial charge in [-0.2, -0.15) is 5.90 Å². The van der Waals surface area contributed by atoms with Crippen molar-refractivity contribution < 1.29 is 18.0 Å². The van der Waals surface area contributed by atoms with Crippen LogP contribution < -0.4 is 5.90 Å². The van der Waals surface area contributed by atoms with E-state index in [4.69, 9.17) is 5.90 Å². The zero-order chi connectivity index (χ0) is 17.2. The van der Waals surface area contributed by atoms with Crippen LogP contribution in [0.1, 0.15) is 5.56 Å². The first kappa shape index (κ1) is 16.0. The van der Waals surface area contributed by atoms with E-state index in [0.29, 0.717) is 11.1 Å². The smallest absolute Gasteiger partial charge is 0.349 e. The number of carbonyl (C=O) groups excluding carboxylic acids is 1. The van der Waals surface area contributed by atoms with Crippen LogP contribution >= 0.6 is 0 Å². The first-order valence-electron chi connectivity index (χ1n) is 7.03. The lowest BCUT2D eigenvalue weighted by Gasteiger charge is -2.08. The molecule has 2 N–H and O–H groups in total. The van der Waals surface area contributed by atoms with Gasteiger partial charge in [-0.15, -0.1) is 0 Å². The molecular formula is C17H14N2O4S. The van der Waals surface area contributed by atoms with Crippen molar-refractivity contribution >= 4 is 33.0 Å². The average Bonchev–Trinajstić information content (AvgIpc) is 3.04. The molecule has 0 saturated carbocycles. The van der Waals surface area contributed by atoms with Crippen LogP contribution in [0.3, 0.4) is 0 Å². The maximum absolute atomic E-state index is 12.8. The van der Waals surface area contributed by atoms with Crippen molar-refractivity contribution in [2.24, 2.45) is 5.90 Å². The Morgan fingerprint density at radius 2 is 1.83 bits per heavy atom. The highest BCUT2D eigenvalue weighted by Crippen LogP contribution is 2.23. The van der Waals surface area contributed by atoms with Crippen molar-refractivity contribution in [3.8, 4) is 0 Å². The molecule has 3 rings (SSSR count). The molecule has 0 unspecified atom stereocenters. The SMILES string of the molecule is NOC(=O)/C=C/c1ccc2ccn(S(=O)(=O)c3ccccc3)c2c1. The minimum Gasteiger partial charge on any atom is -0.370 e. The molecule has 0 saturated heterocycles. The quantitative estimate of drug-likeness (QED) is 0.580. The Hall–Kier alpha value is -2.90. The van der Waals surface area contributed by atoms with Crippen LogP contribution in [0.25, 0.3) is 17.0 Å². The summed E-state index contributed by atoms with van der Waals surface area (Å²) in [6.07, 6.45) is 4.18. The van der Waals surface area contributed by atoms with Gasteiger partial charge in [0.25, 0.3) is 10.0 Å². The van der Waals surface area contributed by atoms with E-state index in [2.05, 4.69) is 4.84 Å². The number of nitrogens with two attached hydrogens (primary N) is 1. The molecule has 1 aromatic heterocycles. The summed E-state index contributed by atoms with van der Waals surface area (Å²) >= 11 is 0. The Balaban J connectivity index is 2.10. The summed E-state index contributed by atoms with van der Waals surface area (Å²) in [6.45, 7) is 0. The second-order valence-electron chi connectivity index (χ2n) is 5.02. The van der Waals surface area contributed by atoms with E-state index in [-0.39, 0.29) is 4.90 Å². The van der Waals surface area contributed by atoms with Gasteiger partial charge in [-0.1, -0.05) is 30.3 Å². The highest BCUT2D eigenvalue weighted by Gasteiger charge is 2.18. The lowest BCUT2D eigenvalue weighted by molar-refractivity contribution is -0.138. The average molecular weight is 342 g/mol. The van der Waals surface area contributed by atoms with Crippen LogP contribution in [-0.2, 0) is 19.7 Å². The van der Waals surface area contributed by atoms with E-state index in [0.717, 1.165) is 5.39 Å². The summed E-state index contributed by atoms with van der Waals surface area (Å²) in [6, 6.07) is 15.1. The van der Waals surface area contributed by atoms with Crippen molar-refractivity contribution in [1.29, 1.82) is 0 Å². The predicted octanol–water partition coefficient (Wildman–Crippen LogP) is 2.31. The van der Waals surface area contributed by atoms with Gasteiger partial charge in [0.2, 0.25) is 0 Å². The van der Waals surface area contributed by atoms with Gasteiger partial charge in [-0.25, -0.2) is 17.2 Å². The topological polar surface area (TPSA) is 91.4 Å². The molecular weight excluding hydrogens is 328 g/mol. The number of nitrogens with zero attached hydrogens (tertiary/aromatic N) is 1. The van der Waals surface area contributed by atoms with Crippen molar-refractivity contribution in [3.63, 3.8) is 0 Å². The van der Waals surface area contributed by atoms with Crippen molar-refractivity contribution in [2.75, 3.05) is 0 Å². The molecule has 6 nitrogen and oxygen atoms in total. The molecule has 0 fully saturated rings. The van der Waals surface area contributed by atoms with E-state index in [9.17, 15) is 13.2 Å². The van der Waals surface area contributed by atoms with Crippen molar-refractivity contribution in [2.45, 2.75) is 4.90 Å². The first-order valence-corrected chi connectivity index (χ1v) is 8.47. The Morgan fingerprint density at radius 1 is 1.08 bits per heavy atom. The summed E-state index contributed by atoms with van der Waals surface area (Å²) in [4.78, 5) is 15.3. The summed E-state index contributed by atoms with van der Waals surface area (Å²) in [5.74, 6) is 4.08. The maximum Gasteiger partial charge on any atom is 0.349 e. The standard InChI is InChI=1S/C17H14N2O4S/c18-23-17(20)9-7-13-6-8-14-10-11-19(16(14)12-13)24(21,22)15-4-2-1-3-5-15/h1-12H,18H2/b9-7+. The van der Waals surface area contributed by atoms with Gasteiger partial charge < -0.3 is 4.84 Å². The molecule has 0 atom stereocenters. The molecule has 0 spiro atoms. The molecule has 2 aromatic carbocycles. The Labute approximate surface area is 138 Å². The highest BCUT2D eigenvalue weighted by molar-refractivity contribution is 7.90. The van der Waals surface area contributed by atoms with Gasteiger partial charge in [0.1, 0.15) is 0 Å². The number of benzene rings is 2. The third-order valence-corrected chi connectivity index (χ3v) is 5.21. The molecule has 1 heterocycles. The summed E-state index contributed by atoms with van der Waals surface area (Å²) < 4.78 is 26.8. The second kappa shape index (κ2) is 6.31. The van der Waals surface area contributed by atoms with Gasteiger partial charge in [0, 0.05) is 17.7 Å². The molecule has 0 bridgehead atoms. The number of hydrogen-bond acceptors (Lipinski definition) is 5. The Morgan fingerprint density at radius 3 is 2.54 bits per heavy atom. The zero-order valence-corrected chi connectivity index (χ0v) is 13.3. The minimum absolute atomic E-state index is 0.204. The summed E-state index contributed by atoms with van der Waals surface area (Å²) in [7, 11) is -3.69. The summed E-state index contributed by atoms with van der Waals surface area (Å²) in [5.41, 5.74) is 1.17. The van der Waals surface area contributed by atoms with Crippen LogP contribution in [0.15, 0.2) is 71.8 Å². The molecule has 0 aliphatic carbocycles. The number of rotatable bonds is 4. The zero-order valence-electron chi connectivity index (χ0n) is 12.5. The van der Waals surface area contributed by atoms with Gasteiger partial charge in [0.05, 0.1) is 10.4 Å². The third kappa shape index (κ3) is 2.94. The van der Waals surface area contributed by atoms with Gasteiger partial charge in [-0.05, 0) is 35.9 Å². The van der Waals surface area contributed by atoms with E-state index in [1.807, 2.05) is 0 Å². The second-order valence-corrected chi connectivity index (χ2v) is 6.83. The molecule has 3 aromatic rings. The highest BCUT2D eigenvalue weighted by atomic mass is 32.2. The third-order valence-electron chi connectivity index (χ3n) is 3.51. The Bertz CT molecular complexity index is 1020. The van der Waals surface area contributed by atoms with E-state index in [1.165, 1.54) is 22.3 Å². The van der Waals surface area contributed by atoms with Crippen molar-refractivity contribution in [1.82, 2.24) is 3.97 Å². The summed E-state index contributed by atoms with van der Waals surface area (Å²) in [5, 5.41) is 0.771. The van der Waals surface area contributed by atoms with Crippen LogP contribution in [-0.4, -0.2) is 18.4 Å². The number of carbonyl (C=O) groups is 1. The number of fused-ring (bicyclic) bond motifs is 1. The predicted molar refractivity (Wildman–Crippen MR) is 90.3 cm³/mol. The van der Waals surface area contributed by atoms with Crippen LogP contribution in [0, 0.1) is 0 Å². The lowest BCUT2D eigenvalue weighted by atomic mass is 10.1. The number of aromatic nitrogens is 1. The van der Waals surface area contributed by atoms with Crippen LogP contribution in [0.4, 0.5) is 0 Å². The van der Waals surface area contributed by atoms with Crippen LogP contribution in [0.2, 0.25) is 0 Å². The van der Waals surface area contributed by atoms with Gasteiger partial charge in [-0.3, -0.25) is 0 Å². The van der Waals surface area contributed by atoms with Gasteiger partial charge >= 0.3 is 5.97 Å². The molecule has 0 aliphatic heterocycles. The molecule has 0 radical (unpaired) electrons. The molecule has 122 valence electrons. The number of hydrogen-bond donors (Lipinski definition) is 1. The minimum atomic E-state index is -3.69. The molecule has 0 aliphatic rings. The fourth-order valence-corrected chi connectivity index (χ4v) is 3.71. The lowest BCUT2D eigenvalue weighted by Crippen LogP contribution is -2.11. The molecule has 7 heteroatoms. The fourth-order valence-electron chi connectivity index (χ4n) is 2.34. The van der Waals surface area contributed by atoms with E-state index >= 15 is 0 Å². The van der Waals surface area contributed by atoms with E-state index in [1.54, 1.807) is 54.6 Å². The largest absolute Gasteiger partial charge is 0.370 e.